The second kappa shape index (κ2) is 9.17. The van der Waals surface area contributed by atoms with Crippen molar-refractivity contribution in [2.24, 2.45) is 5.92 Å². The fourth-order valence-corrected chi connectivity index (χ4v) is 2.47. The number of ether oxygens (including phenoxy) is 2. The number of benzene rings is 2. The van der Waals surface area contributed by atoms with Crippen LogP contribution in [0, 0.1) is 16.0 Å². The lowest BCUT2D eigenvalue weighted by molar-refractivity contribution is -0.384. The van der Waals surface area contributed by atoms with E-state index < -0.39 is 17.0 Å². The summed E-state index contributed by atoms with van der Waals surface area (Å²) in [6.07, 6.45) is -0.770. The molecule has 3 rings (SSSR count). The summed E-state index contributed by atoms with van der Waals surface area (Å²) in [6.45, 7) is 6.32. The minimum Gasteiger partial charge on any atom is -0.493 e. The molecule has 0 spiro atoms. The Hall–Kier alpha value is -3.75. The van der Waals surface area contributed by atoms with E-state index in [9.17, 15) is 14.9 Å². The number of nitro benzene ring substituents is 1. The van der Waals surface area contributed by atoms with Gasteiger partial charge in [-0.2, -0.15) is 0 Å². The van der Waals surface area contributed by atoms with E-state index in [4.69, 9.17) is 13.9 Å². The molecular formula is C21H21N3O6. The van der Waals surface area contributed by atoms with Crippen LogP contribution in [-0.4, -0.2) is 27.7 Å². The molecule has 9 heteroatoms. The predicted molar refractivity (Wildman–Crippen MR) is 107 cm³/mol. The third-order valence-corrected chi connectivity index (χ3v) is 4.07. The Bertz CT molecular complexity index is 1010. The smallest absolute Gasteiger partial charge is 0.338 e. The average Bonchev–Trinajstić information content (AvgIpc) is 3.23. The van der Waals surface area contributed by atoms with E-state index in [1.54, 1.807) is 31.2 Å². The van der Waals surface area contributed by atoms with Gasteiger partial charge in [-0.25, -0.2) is 4.79 Å². The van der Waals surface area contributed by atoms with E-state index in [0.717, 1.165) is 0 Å². The maximum Gasteiger partial charge on any atom is 0.338 e. The standard InChI is InChI=1S/C21H21N3O6/c1-13(2)12-28-18-10-6-16(7-11-18)21(25)29-14(3)19-22-23-20(30-19)15-4-8-17(9-5-15)24(26)27/h4-11,13-14H,12H2,1-3H3/t14-/m1/s1. The second-order valence-corrected chi connectivity index (χ2v) is 7.03. The quantitative estimate of drug-likeness (QED) is 0.300. The van der Waals surface area contributed by atoms with Crippen LogP contribution in [0.25, 0.3) is 11.5 Å². The molecule has 0 fully saturated rings. The number of aromatic nitrogens is 2. The Labute approximate surface area is 172 Å². The van der Waals surface area contributed by atoms with Crippen LogP contribution >= 0.6 is 0 Å². The zero-order valence-corrected chi connectivity index (χ0v) is 16.8. The van der Waals surface area contributed by atoms with Gasteiger partial charge in [0.2, 0.25) is 5.89 Å². The molecule has 0 bridgehead atoms. The minimum absolute atomic E-state index is 0.0404. The highest BCUT2D eigenvalue weighted by molar-refractivity contribution is 5.89. The van der Waals surface area contributed by atoms with Gasteiger partial charge in [0.25, 0.3) is 11.6 Å². The van der Waals surface area contributed by atoms with Gasteiger partial charge < -0.3 is 13.9 Å². The molecule has 30 heavy (non-hydrogen) atoms. The highest BCUT2D eigenvalue weighted by Gasteiger charge is 2.20. The Morgan fingerprint density at radius 1 is 1.07 bits per heavy atom. The van der Waals surface area contributed by atoms with Crippen LogP contribution in [0.3, 0.4) is 0 Å². The summed E-state index contributed by atoms with van der Waals surface area (Å²) in [4.78, 5) is 22.6. The molecular weight excluding hydrogens is 390 g/mol. The van der Waals surface area contributed by atoms with E-state index in [1.165, 1.54) is 24.3 Å². The molecule has 0 saturated heterocycles. The lowest BCUT2D eigenvalue weighted by atomic mass is 10.2. The molecule has 0 N–H and O–H groups in total. The summed E-state index contributed by atoms with van der Waals surface area (Å²) in [5.74, 6) is 0.842. The van der Waals surface area contributed by atoms with E-state index in [2.05, 4.69) is 24.0 Å². The number of nitrogens with zero attached hydrogens (tertiary/aromatic N) is 3. The number of carbonyl (C=O) groups is 1. The summed E-state index contributed by atoms with van der Waals surface area (Å²) >= 11 is 0. The SMILES string of the molecule is CC(C)COc1ccc(C(=O)O[C@H](C)c2nnc(-c3ccc([N+](=O)[O-])cc3)o2)cc1. The monoisotopic (exact) mass is 411 g/mol. The molecule has 1 atom stereocenters. The van der Waals surface area contributed by atoms with Crippen molar-refractivity contribution >= 4 is 11.7 Å². The molecule has 0 aliphatic rings. The molecule has 0 unspecified atom stereocenters. The predicted octanol–water partition coefficient (Wildman–Crippen LogP) is 4.60. The average molecular weight is 411 g/mol. The van der Waals surface area contributed by atoms with Gasteiger partial charge in [-0.15, -0.1) is 10.2 Å². The lowest BCUT2D eigenvalue weighted by Crippen LogP contribution is -2.10. The normalized spacial score (nSPS) is 11.9. The Morgan fingerprint density at radius 2 is 1.73 bits per heavy atom. The number of esters is 1. The largest absolute Gasteiger partial charge is 0.493 e. The lowest BCUT2D eigenvalue weighted by Gasteiger charge is -2.11. The van der Waals surface area contributed by atoms with Crippen molar-refractivity contribution < 1.29 is 23.6 Å². The van der Waals surface area contributed by atoms with Gasteiger partial charge in [0.15, 0.2) is 6.10 Å². The Kier molecular flexibility index (Phi) is 6.41. The fraction of sp³-hybridized carbons (Fsp3) is 0.286. The molecule has 0 radical (unpaired) electrons. The first kappa shape index (κ1) is 21.0. The zero-order chi connectivity index (χ0) is 21.7. The molecule has 0 aliphatic carbocycles. The molecule has 0 aliphatic heterocycles. The first-order valence-electron chi connectivity index (χ1n) is 9.35. The maximum absolute atomic E-state index is 12.4. The highest BCUT2D eigenvalue weighted by atomic mass is 16.6. The van der Waals surface area contributed by atoms with Crippen LogP contribution in [0.15, 0.2) is 52.9 Å². The van der Waals surface area contributed by atoms with Crippen LogP contribution in [0.5, 0.6) is 5.75 Å². The van der Waals surface area contributed by atoms with Crippen molar-refractivity contribution in [3.8, 4) is 17.2 Å². The number of hydrogen-bond acceptors (Lipinski definition) is 8. The van der Waals surface area contributed by atoms with E-state index >= 15 is 0 Å². The van der Waals surface area contributed by atoms with Crippen molar-refractivity contribution in [2.45, 2.75) is 26.9 Å². The van der Waals surface area contributed by atoms with E-state index in [1.807, 2.05) is 0 Å². The van der Waals surface area contributed by atoms with Crippen LogP contribution < -0.4 is 4.74 Å². The van der Waals surface area contributed by atoms with E-state index in [0.29, 0.717) is 29.4 Å². The topological polar surface area (TPSA) is 118 Å². The van der Waals surface area contributed by atoms with Crippen LogP contribution in [-0.2, 0) is 4.74 Å². The summed E-state index contributed by atoms with van der Waals surface area (Å²) in [6, 6.07) is 12.4. The first-order chi connectivity index (χ1) is 14.3. The molecule has 9 nitrogen and oxygen atoms in total. The van der Waals surface area contributed by atoms with Crippen molar-refractivity contribution in [2.75, 3.05) is 6.61 Å². The number of non-ortho nitro benzene ring substituents is 1. The van der Waals surface area contributed by atoms with Gasteiger partial charge in [0.05, 0.1) is 17.1 Å². The second-order valence-electron chi connectivity index (χ2n) is 7.03. The molecule has 0 amide bonds. The van der Waals surface area contributed by atoms with Gasteiger partial charge in [-0.05, 0) is 49.2 Å². The van der Waals surface area contributed by atoms with Gasteiger partial charge in [-0.3, -0.25) is 10.1 Å². The highest BCUT2D eigenvalue weighted by Crippen LogP contribution is 2.25. The van der Waals surface area contributed by atoms with Gasteiger partial charge in [0, 0.05) is 17.7 Å². The molecule has 2 aromatic carbocycles. The number of hydrogen-bond donors (Lipinski definition) is 0. The molecule has 156 valence electrons. The van der Waals surface area contributed by atoms with Crippen LogP contribution in [0.1, 0.15) is 43.1 Å². The zero-order valence-electron chi connectivity index (χ0n) is 16.8. The van der Waals surface area contributed by atoms with Gasteiger partial charge in [0.1, 0.15) is 5.75 Å². The third kappa shape index (κ3) is 5.19. The summed E-state index contributed by atoms with van der Waals surface area (Å²) in [5, 5.41) is 18.6. The van der Waals surface area contributed by atoms with Crippen molar-refractivity contribution in [3.05, 3.63) is 70.1 Å². The molecule has 0 saturated carbocycles. The maximum atomic E-state index is 12.4. The Morgan fingerprint density at radius 3 is 2.33 bits per heavy atom. The molecule has 1 aromatic heterocycles. The van der Waals surface area contributed by atoms with Crippen LogP contribution in [0.4, 0.5) is 5.69 Å². The number of nitro groups is 1. The number of rotatable bonds is 8. The molecule has 3 aromatic rings. The first-order valence-corrected chi connectivity index (χ1v) is 9.35. The van der Waals surface area contributed by atoms with Crippen molar-refractivity contribution in [3.63, 3.8) is 0 Å². The summed E-state index contributed by atoms with van der Waals surface area (Å²) < 4.78 is 16.5. The number of carbonyl (C=O) groups excluding carboxylic acids is 1. The van der Waals surface area contributed by atoms with Crippen molar-refractivity contribution in [1.29, 1.82) is 0 Å². The van der Waals surface area contributed by atoms with Gasteiger partial charge in [-0.1, -0.05) is 13.8 Å². The van der Waals surface area contributed by atoms with Gasteiger partial charge >= 0.3 is 5.97 Å². The third-order valence-electron chi connectivity index (χ3n) is 4.07. The van der Waals surface area contributed by atoms with Crippen LogP contribution in [0.2, 0.25) is 0 Å². The minimum atomic E-state index is -0.770. The summed E-state index contributed by atoms with van der Waals surface area (Å²) in [5.41, 5.74) is 0.852. The fourth-order valence-electron chi connectivity index (χ4n) is 2.47. The van der Waals surface area contributed by atoms with Crippen molar-refractivity contribution in [1.82, 2.24) is 10.2 Å². The summed E-state index contributed by atoms with van der Waals surface area (Å²) in [7, 11) is 0. The van der Waals surface area contributed by atoms with E-state index in [-0.39, 0.29) is 17.5 Å². The Balaban J connectivity index is 1.62. The molecule has 1 heterocycles.